The van der Waals surface area contributed by atoms with Crippen molar-refractivity contribution in [1.82, 2.24) is 24.5 Å². The van der Waals surface area contributed by atoms with Crippen LogP contribution in [0.25, 0.3) is 0 Å². The number of carbonyl (C=O) groups is 1. The molecule has 2 aliphatic rings. The average Bonchev–Trinajstić information content (AvgIpc) is 3.41. The van der Waals surface area contributed by atoms with Gasteiger partial charge in [-0.1, -0.05) is 6.92 Å². The Morgan fingerprint density at radius 1 is 1.26 bits per heavy atom. The lowest BCUT2D eigenvalue weighted by Gasteiger charge is -2.32. The van der Waals surface area contributed by atoms with Crippen LogP contribution in [0.1, 0.15) is 68.2 Å². The lowest BCUT2D eigenvalue weighted by Crippen LogP contribution is -2.39. The molecule has 0 saturated carbocycles. The molecule has 1 fully saturated rings. The number of likely N-dealkylation sites (tertiary alicyclic amines) is 1. The normalized spacial score (nSPS) is 23.7. The van der Waals surface area contributed by atoms with E-state index in [2.05, 4.69) is 15.5 Å². The number of amides is 1. The molecule has 0 unspecified atom stereocenters. The fourth-order valence-corrected chi connectivity index (χ4v) is 4.72. The van der Waals surface area contributed by atoms with Gasteiger partial charge in [-0.15, -0.1) is 0 Å². The van der Waals surface area contributed by atoms with E-state index in [0.717, 1.165) is 22.5 Å². The fraction of sp³-hybridized carbons (Fsp3) is 0.667. The Hall–Kier alpha value is -2.52. The minimum Gasteiger partial charge on any atom is -0.367 e. The predicted molar refractivity (Wildman–Crippen MR) is 110 cm³/mol. The average molecular weight is 438 g/mol. The number of aryl methyl sites for hydroxylation is 3. The van der Waals surface area contributed by atoms with Crippen LogP contribution in [0.5, 0.6) is 0 Å². The molecule has 1 amide bonds. The zero-order valence-corrected chi connectivity index (χ0v) is 18.1. The van der Waals surface area contributed by atoms with E-state index in [1.807, 2.05) is 31.5 Å². The van der Waals surface area contributed by atoms with E-state index in [-0.39, 0.29) is 24.4 Å². The topological polar surface area (TPSA) is 68.0 Å². The maximum atomic E-state index is 13.7. The lowest BCUT2D eigenvalue weighted by molar-refractivity contribution is -0.173. The number of rotatable bonds is 5. The number of halogens is 3. The molecule has 10 heteroatoms. The van der Waals surface area contributed by atoms with Gasteiger partial charge in [-0.25, -0.2) is 4.68 Å². The number of alkyl halides is 3. The van der Waals surface area contributed by atoms with Crippen LogP contribution in [0.15, 0.2) is 12.1 Å². The molecular weight excluding hydrogens is 409 g/mol. The van der Waals surface area contributed by atoms with Crippen molar-refractivity contribution in [3.05, 3.63) is 29.2 Å². The highest BCUT2D eigenvalue weighted by molar-refractivity contribution is 5.77. The summed E-state index contributed by atoms with van der Waals surface area (Å²) in [6.45, 7) is 6.81. The molecule has 2 aliphatic heterocycles. The molecule has 0 spiro atoms. The van der Waals surface area contributed by atoms with E-state index in [1.165, 1.54) is 0 Å². The van der Waals surface area contributed by atoms with Gasteiger partial charge in [0.2, 0.25) is 5.91 Å². The van der Waals surface area contributed by atoms with Gasteiger partial charge in [-0.2, -0.15) is 23.4 Å². The molecule has 0 aromatic carbocycles. The molecule has 0 radical (unpaired) electrons. The molecule has 1 N–H and O–H groups in total. The predicted octanol–water partition coefficient (Wildman–Crippen LogP) is 4.15. The number of nitrogens with zero attached hydrogens (tertiary/aromatic N) is 5. The first-order valence-corrected chi connectivity index (χ1v) is 10.9. The maximum Gasteiger partial charge on any atom is 0.410 e. The van der Waals surface area contributed by atoms with Gasteiger partial charge in [0.05, 0.1) is 17.4 Å². The number of hydrogen-bond donors (Lipinski definition) is 1. The maximum absolute atomic E-state index is 13.7. The molecule has 1 saturated heterocycles. The Kier molecular flexibility index (Phi) is 5.74. The highest BCUT2D eigenvalue weighted by atomic mass is 19.4. The minimum atomic E-state index is -4.36. The largest absolute Gasteiger partial charge is 0.410 e. The third-order valence-corrected chi connectivity index (χ3v) is 6.34. The van der Waals surface area contributed by atoms with Crippen LogP contribution in [-0.4, -0.2) is 49.1 Å². The van der Waals surface area contributed by atoms with Crippen molar-refractivity contribution in [2.24, 2.45) is 0 Å². The Labute approximate surface area is 179 Å². The van der Waals surface area contributed by atoms with Crippen LogP contribution >= 0.6 is 0 Å². The molecule has 2 aromatic heterocycles. The van der Waals surface area contributed by atoms with Crippen LogP contribution in [0.4, 0.5) is 19.0 Å². The lowest BCUT2D eigenvalue weighted by atomic mass is 10.0. The first-order valence-electron chi connectivity index (χ1n) is 10.9. The number of aromatic nitrogens is 4. The van der Waals surface area contributed by atoms with Gasteiger partial charge in [0, 0.05) is 37.3 Å². The van der Waals surface area contributed by atoms with Gasteiger partial charge >= 0.3 is 6.18 Å². The van der Waals surface area contributed by atoms with E-state index in [4.69, 9.17) is 0 Å². The molecule has 0 aliphatic carbocycles. The number of nitrogens with one attached hydrogen (secondary N) is 1. The van der Waals surface area contributed by atoms with Crippen LogP contribution in [-0.2, 0) is 11.3 Å². The van der Waals surface area contributed by atoms with Gasteiger partial charge < -0.3 is 10.2 Å². The molecule has 3 atom stereocenters. The molecule has 31 heavy (non-hydrogen) atoms. The van der Waals surface area contributed by atoms with Crippen molar-refractivity contribution >= 4 is 11.7 Å². The summed E-state index contributed by atoms with van der Waals surface area (Å²) >= 11 is 0. The zero-order valence-electron chi connectivity index (χ0n) is 18.1. The molecular formula is C21H29F3N6O. The molecule has 0 bridgehead atoms. The van der Waals surface area contributed by atoms with Crippen molar-refractivity contribution in [2.75, 3.05) is 11.9 Å². The van der Waals surface area contributed by atoms with Crippen LogP contribution in [0, 0.1) is 13.8 Å². The fourth-order valence-electron chi connectivity index (χ4n) is 4.72. The van der Waals surface area contributed by atoms with Gasteiger partial charge in [0.25, 0.3) is 0 Å². The van der Waals surface area contributed by atoms with Crippen molar-refractivity contribution in [3.8, 4) is 0 Å². The summed E-state index contributed by atoms with van der Waals surface area (Å²) in [5.74, 6) is 0.366. The van der Waals surface area contributed by atoms with E-state index in [0.29, 0.717) is 43.9 Å². The van der Waals surface area contributed by atoms with E-state index < -0.39 is 12.2 Å². The summed E-state index contributed by atoms with van der Waals surface area (Å²) in [5.41, 5.74) is 2.44. The number of fused-ring (bicyclic) bond motifs is 1. The highest BCUT2D eigenvalue weighted by Crippen LogP contribution is 2.42. The quantitative estimate of drug-likeness (QED) is 0.762. The van der Waals surface area contributed by atoms with Crippen molar-refractivity contribution < 1.29 is 18.0 Å². The van der Waals surface area contributed by atoms with Crippen LogP contribution < -0.4 is 5.32 Å². The van der Waals surface area contributed by atoms with Crippen molar-refractivity contribution in [1.29, 1.82) is 0 Å². The SMILES string of the molecule is CC[C@@H]1C[C@H](C(F)(F)F)n2nc([C@H]3CCCN3C(=O)CCn3nc(C)cc3C)cc2N1. The van der Waals surface area contributed by atoms with E-state index in [1.54, 1.807) is 11.0 Å². The Balaban J connectivity index is 1.52. The zero-order chi connectivity index (χ0) is 22.3. The third-order valence-electron chi connectivity index (χ3n) is 6.34. The number of anilines is 1. The van der Waals surface area contributed by atoms with Crippen molar-refractivity contribution in [3.63, 3.8) is 0 Å². The van der Waals surface area contributed by atoms with Gasteiger partial charge in [-0.3, -0.25) is 9.48 Å². The summed E-state index contributed by atoms with van der Waals surface area (Å²) in [5, 5.41) is 11.9. The third kappa shape index (κ3) is 4.29. The van der Waals surface area contributed by atoms with E-state index >= 15 is 0 Å². The number of hydrogen-bond acceptors (Lipinski definition) is 4. The Morgan fingerprint density at radius 2 is 2.03 bits per heavy atom. The summed E-state index contributed by atoms with van der Waals surface area (Å²) in [4.78, 5) is 14.7. The molecule has 7 nitrogen and oxygen atoms in total. The smallest absolute Gasteiger partial charge is 0.367 e. The second-order valence-electron chi connectivity index (χ2n) is 8.59. The van der Waals surface area contributed by atoms with Gasteiger partial charge in [0.1, 0.15) is 5.82 Å². The van der Waals surface area contributed by atoms with E-state index in [9.17, 15) is 18.0 Å². The second kappa shape index (κ2) is 8.20. The monoisotopic (exact) mass is 438 g/mol. The molecule has 4 rings (SSSR count). The highest BCUT2D eigenvalue weighted by Gasteiger charge is 2.46. The Bertz CT molecular complexity index is 950. The van der Waals surface area contributed by atoms with Gasteiger partial charge in [0.15, 0.2) is 6.04 Å². The minimum absolute atomic E-state index is 0.0206. The first kappa shape index (κ1) is 21.7. The summed E-state index contributed by atoms with van der Waals surface area (Å²) in [6, 6.07) is 1.48. The first-order chi connectivity index (χ1) is 14.7. The second-order valence-corrected chi connectivity index (χ2v) is 8.59. The van der Waals surface area contributed by atoms with Crippen LogP contribution in [0.3, 0.4) is 0 Å². The summed E-state index contributed by atoms with van der Waals surface area (Å²) < 4.78 is 43.9. The summed E-state index contributed by atoms with van der Waals surface area (Å²) in [7, 11) is 0. The van der Waals surface area contributed by atoms with Crippen LogP contribution in [0.2, 0.25) is 0 Å². The number of carbonyl (C=O) groups excluding carboxylic acids is 1. The molecule has 2 aromatic rings. The van der Waals surface area contributed by atoms with Gasteiger partial charge in [-0.05, 0) is 45.6 Å². The molecule has 170 valence electrons. The van der Waals surface area contributed by atoms with Crippen molar-refractivity contribution in [2.45, 2.75) is 83.7 Å². The summed E-state index contributed by atoms with van der Waals surface area (Å²) in [6.07, 6.45) is -1.98. The Morgan fingerprint density at radius 3 is 2.68 bits per heavy atom. The molecule has 4 heterocycles. The standard InChI is InChI=1S/C21H29F3N6O/c1-4-15-11-18(21(22,23)24)30-19(25-15)12-16(27-30)17-6-5-8-28(17)20(31)7-9-29-14(3)10-13(2)26-29/h10,12,15,17-18,25H,4-9,11H2,1-3H3/t15-,17-,18-/m1/s1.